The Morgan fingerprint density at radius 3 is 1.90 bits per heavy atom. The van der Waals surface area contributed by atoms with Crippen molar-refractivity contribution in [3.8, 4) is 22.8 Å². The minimum atomic E-state index is 0.0664. The number of halogens is 1. The molecular weight excluding hydrogens is 542 g/mol. The highest BCUT2D eigenvalue weighted by atomic mass is 79.9. The summed E-state index contributed by atoms with van der Waals surface area (Å²) >= 11 is 3.78. The van der Waals surface area contributed by atoms with Crippen molar-refractivity contribution in [1.29, 1.82) is 0 Å². The molecule has 4 heteroatoms. The van der Waals surface area contributed by atoms with E-state index in [0.717, 1.165) is 69.1 Å². The van der Waals surface area contributed by atoms with Gasteiger partial charge in [-0.2, -0.15) is 0 Å². The predicted molar refractivity (Wildman–Crippen MR) is 160 cm³/mol. The summed E-state index contributed by atoms with van der Waals surface area (Å²) < 4.78 is 1.04. The van der Waals surface area contributed by atoms with Gasteiger partial charge in [0.1, 0.15) is 5.82 Å². The molecule has 6 aliphatic carbocycles. The first-order valence-corrected chi connectivity index (χ1v) is 16.4. The topological polar surface area (TPSA) is 38.7 Å². The van der Waals surface area contributed by atoms with Gasteiger partial charge < -0.3 is 0 Å². The molecule has 9 rings (SSSR count). The van der Waals surface area contributed by atoms with E-state index in [9.17, 15) is 0 Å². The van der Waals surface area contributed by atoms with Gasteiger partial charge in [0.2, 0.25) is 0 Å². The molecule has 1 heterocycles. The SMILES string of the molecule is CCC1(c2nc(-c3ccc(C45CC6CC(CC(C6)C4)C5)cc3)nc(-c3ccccc3Br)n2)C[C@@H]2CC[C@H](C2)C1. The van der Waals surface area contributed by atoms with Crippen LogP contribution in [0.2, 0.25) is 0 Å². The van der Waals surface area contributed by atoms with E-state index in [1.54, 1.807) is 5.56 Å². The maximum atomic E-state index is 5.31. The van der Waals surface area contributed by atoms with Gasteiger partial charge in [0.05, 0.1) is 0 Å². The van der Waals surface area contributed by atoms with Crippen LogP contribution in [0.5, 0.6) is 0 Å². The summed E-state index contributed by atoms with van der Waals surface area (Å²) in [5.74, 6) is 7.22. The van der Waals surface area contributed by atoms with E-state index >= 15 is 0 Å². The van der Waals surface area contributed by atoms with Crippen LogP contribution in [0.1, 0.15) is 95.4 Å². The first-order valence-electron chi connectivity index (χ1n) is 15.6. The third-order valence-corrected chi connectivity index (χ3v) is 12.4. The summed E-state index contributed by atoms with van der Waals surface area (Å²) in [5, 5.41) is 0. The van der Waals surface area contributed by atoms with Crippen molar-refractivity contribution in [2.75, 3.05) is 0 Å². The molecule has 1 aromatic heterocycles. The van der Waals surface area contributed by atoms with E-state index in [2.05, 4.69) is 71.4 Å². The van der Waals surface area contributed by atoms with Gasteiger partial charge in [-0.1, -0.05) is 78.2 Å². The zero-order chi connectivity index (χ0) is 26.2. The highest BCUT2D eigenvalue weighted by Crippen LogP contribution is 2.61. The molecule has 6 fully saturated rings. The second kappa shape index (κ2) is 9.23. The fraction of sp³-hybridized carbons (Fsp3) is 0.571. The number of benzene rings is 2. The Bertz CT molecular complexity index is 1350. The highest BCUT2D eigenvalue weighted by molar-refractivity contribution is 9.10. The zero-order valence-electron chi connectivity index (χ0n) is 23.2. The Hall–Kier alpha value is -2.07. The third kappa shape index (κ3) is 4.14. The normalized spacial score (nSPS) is 36.4. The molecule has 0 aliphatic heterocycles. The second-order valence-electron chi connectivity index (χ2n) is 14.1. The average molecular weight is 583 g/mol. The quantitative estimate of drug-likeness (QED) is 0.301. The van der Waals surface area contributed by atoms with Crippen LogP contribution >= 0.6 is 15.9 Å². The Labute approximate surface area is 241 Å². The predicted octanol–water partition coefficient (Wildman–Crippen LogP) is 9.29. The molecule has 3 aromatic rings. The van der Waals surface area contributed by atoms with Crippen molar-refractivity contribution in [3.05, 3.63) is 64.4 Å². The largest absolute Gasteiger partial charge is 0.212 e. The lowest BCUT2D eigenvalue weighted by molar-refractivity contribution is -0.00518. The van der Waals surface area contributed by atoms with Gasteiger partial charge in [0.15, 0.2) is 11.6 Å². The van der Waals surface area contributed by atoms with Gasteiger partial charge in [-0.05, 0) is 111 Å². The van der Waals surface area contributed by atoms with Gasteiger partial charge in [-0.25, -0.2) is 15.0 Å². The van der Waals surface area contributed by atoms with Gasteiger partial charge in [-0.15, -0.1) is 0 Å². The van der Waals surface area contributed by atoms with Crippen molar-refractivity contribution in [3.63, 3.8) is 0 Å². The lowest BCUT2D eigenvalue weighted by Gasteiger charge is -2.57. The van der Waals surface area contributed by atoms with Crippen molar-refractivity contribution in [1.82, 2.24) is 15.0 Å². The number of hydrogen-bond donors (Lipinski definition) is 0. The van der Waals surface area contributed by atoms with Crippen molar-refractivity contribution < 1.29 is 0 Å². The van der Waals surface area contributed by atoms with Gasteiger partial charge in [0.25, 0.3) is 0 Å². The molecule has 6 bridgehead atoms. The summed E-state index contributed by atoms with van der Waals surface area (Å²) in [6.07, 6.45) is 16.4. The molecule has 0 radical (unpaired) electrons. The highest BCUT2D eigenvalue weighted by Gasteiger charge is 2.51. The fourth-order valence-electron chi connectivity index (χ4n) is 10.3. The molecule has 2 aromatic carbocycles. The fourth-order valence-corrected chi connectivity index (χ4v) is 10.8. The van der Waals surface area contributed by atoms with Crippen molar-refractivity contribution in [2.24, 2.45) is 29.6 Å². The van der Waals surface area contributed by atoms with Crippen molar-refractivity contribution >= 4 is 15.9 Å². The summed E-state index contributed by atoms with van der Waals surface area (Å²) in [4.78, 5) is 15.7. The maximum absolute atomic E-state index is 5.31. The Kier molecular flexibility index (Phi) is 5.84. The Morgan fingerprint density at radius 1 is 0.692 bits per heavy atom. The van der Waals surface area contributed by atoms with Crippen molar-refractivity contribution in [2.45, 2.75) is 94.8 Å². The van der Waals surface area contributed by atoms with Crippen LogP contribution in [-0.2, 0) is 10.8 Å². The smallest absolute Gasteiger partial charge is 0.164 e. The summed E-state index contributed by atoms with van der Waals surface area (Å²) in [5.41, 5.74) is 4.24. The lowest BCUT2D eigenvalue weighted by Crippen LogP contribution is -2.48. The maximum Gasteiger partial charge on any atom is 0.164 e. The molecule has 39 heavy (non-hydrogen) atoms. The minimum Gasteiger partial charge on any atom is -0.212 e. The first-order chi connectivity index (χ1) is 19.0. The van der Waals surface area contributed by atoms with E-state index in [0.29, 0.717) is 5.41 Å². The summed E-state index contributed by atoms with van der Waals surface area (Å²) in [7, 11) is 0. The number of rotatable bonds is 5. The van der Waals surface area contributed by atoms with E-state index in [4.69, 9.17) is 15.0 Å². The van der Waals surface area contributed by atoms with Crippen LogP contribution < -0.4 is 0 Å². The molecular formula is C35H40BrN3. The second-order valence-corrected chi connectivity index (χ2v) is 15.0. The molecule has 0 N–H and O–H groups in total. The van der Waals surface area contributed by atoms with E-state index in [-0.39, 0.29) is 5.41 Å². The van der Waals surface area contributed by atoms with Gasteiger partial charge >= 0.3 is 0 Å². The lowest BCUT2D eigenvalue weighted by atomic mass is 9.48. The van der Waals surface area contributed by atoms with Gasteiger partial charge in [0, 0.05) is 21.0 Å². The third-order valence-electron chi connectivity index (χ3n) is 11.7. The molecule has 6 aliphatic rings. The van der Waals surface area contributed by atoms with Crippen LogP contribution in [0.4, 0.5) is 0 Å². The molecule has 0 unspecified atom stereocenters. The van der Waals surface area contributed by atoms with Gasteiger partial charge in [-0.3, -0.25) is 0 Å². The number of nitrogens with zero attached hydrogens (tertiary/aromatic N) is 3. The van der Waals surface area contributed by atoms with E-state index < -0.39 is 0 Å². The van der Waals surface area contributed by atoms with Crippen LogP contribution in [0.3, 0.4) is 0 Å². The first kappa shape index (κ1) is 24.7. The molecule has 0 spiro atoms. The molecule has 6 saturated carbocycles. The summed E-state index contributed by atoms with van der Waals surface area (Å²) in [6, 6.07) is 17.9. The number of hydrogen-bond acceptors (Lipinski definition) is 3. The minimum absolute atomic E-state index is 0.0664. The van der Waals surface area contributed by atoms with Crippen LogP contribution in [-0.4, -0.2) is 15.0 Å². The Morgan fingerprint density at radius 2 is 1.28 bits per heavy atom. The van der Waals surface area contributed by atoms with Crippen LogP contribution in [0, 0.1) is 29.6 Å². The monoisotopic (exact) mass is 581 g/mol. The molecule has 2 atom stereocenters. The molecule has 202 valence electrons. The Balaban J connectivity index is 1.20. The standard InChI is InChI=1S/C35H40BrN3/c1-2-34(17-22-7-8-23(13-22)18-34)33-38-31(37-32(39-33)29-5-3-4-6-30(29)36)27-9-11-28(12-10-27)35-19-24-14-25(20-35)16-26(15-24)21-35/h3-6,9-12,22-26H,2,7-8,13-21H2,1H3/t22-,23-,24?,25?,26?,35?/m1/s1. The molecule has 0 amide bonds. The zero-order valence-corrected chi connectivity index (χ0v) is 24.8. The molecule has 0 saturated heterocycles. The van der Waals surface area contributed by atoms with Crippen LogP contribution in [0.25, 0.3) is 22.8 Å². The number of aromatic nitrogens is 3. The number of fused-ring (bicyclic) bond motifs is 2. The van der Waals surface area contributed by atoms with Crippen LogP contribution in [0.15, 0.2) is 53.0 Å². The molecule has 3 nitrogen and oxygen atoms in total. The average Bonchev–Trinajstić information content (AvgIpc) is 3.30. The van der Waals surface area contributed by atoms with E-state index in [1.165, 1.54) is 70.6 Å². The van der Waals surface area contributed by atoms with E-state index in [1.807, 2.05) is 0 Å². The summed E-state index contributed by atoms with van der Waals surface area (Å²) in [6.45, 7) is 2.35.